The highest BCUT2D eigenvalue weighted by atomic mass is 35.5. The molecule has 0 unspecified atom stereocenters. The Kier molecular flexibility index (Phi) is 5.63. The zero-order valence-corrected chi connectivity index (χ0v) is 15.3. The van der Waals surface area contributed by atoms with Gasteiger partial charge in [0, 0.05) is 29.6 Å². The van der Waals surface area contributed by atoms with Crippen molar-refractivity contribution in [2.75, 3.05) is 10.6 Å². The van der Waals surface area contributed by atoms with E-state index in [-0.39, 0.29) is 23.2 Å². The highest BCUT2D eigenvalue weighted by Gasteiger charge is 2.11. The number of nitrogens with one attached hydrogen (secondary N) is 2. The van der Waals surface area contributed by atoms with Crippen LogP contribution >= 0.6 is 23.8 Å². The van der Waals surface area contributed by atoms with Crippen LogP contribution in [0.15, 0.2) is 54.7 Å². The minimum Gasteiger partial charge on any atom is -0.332 e. The molecule has 0 spiro atoms. The molecule has 10 heteroatoms. The minimum absolute atomic E-state index is 0.0191. The van der Waals surface area contributed by atoms with Gasteiger partial charge < -0.3 is 10.6 Å². The van der Waals surface area contributed by atoms with Crippen molar-refractivity contribution in [3.63, 3.8) is 0 Å². The molecular weight excluding hydrogens is 393 g/mol. The Morgan fingerprint density at radius 1 is 1.22 bits per heavy atom. The largest absolute Gasteiger partial charge is 0.332 e. The summed E-state index contributed by atoms with van der Waals surface area (Å²) in [6.07, 6.45) is 1.56. The van der Waals surface area contributed by atoms with Crippen molar-refractivity contribution in [1.82, 2.24) is 9.78 Å². The van der Waals surface area contributed by atoms with Gasteiger partial charge >= 0.3 is 0 Å². The van der Waals surface area contributed by atoms with E-state index in [0.717, 1.165) is 0 Å². The van der Waals surface area contributed by atoms with E-state index in [2.05, 4.69) is 15.7 Å². The molecule has 0 saturated carbocycles. The maximum absolute atomic E-state index is 13.8. The second-order valence-corrected chi connectivity index (χ2v) is 6.31. The number of halogens is 2. The molecule has 0 radical (unpaired) electrons. The van der Waals surface area contributed by atoms with Crippen molar-refractivity contribution in [2.24, 2.45) is 0 Å². The molecule has 0 bridgehead atoms. The van der Waals surface area contributed by atoms with Crippen LogP contribution in [0.3, 0.4) is 0 Å². The Labute approximate surface area is 163 Å². The molecule has 138 valence electrons. The van der Waals surface area contributed by atoms with Crippen molar-refractivity contribution in [3.05, 3.63) is 81.2 Å². The third-order valence-corrected chi connectivity index (χ3v) is 4.06. The first-order valence-corrected chi connectivity index (χ1v) is 8.50. The molecular formula is C17H13ClFN5O2S. The maximum atomic E-state index is 13.8. The zero-order valence-electron chi connectivity index (χ0n) is 13.7. The van der Waals surface area contributed by atoms with Gasteiger partial charge in [-0.25, -0.2) is 4.39 Å². The van der Waals surface area contributed by atoms with Crippen LogP contribution in [0.2, 0.25) is 5.02 Å². The van der Waals surface area contributed by atoms with Crippen molar-refractivity contribution >= 4 is 46.1 Å². The van der Waals surface area contributed by atoms with Gasteiger partial charge in [-0.1, -0.05) is 29.8 Å². The van der Waals surface area contributed by atoms with Gasteiger partial charge in [0.25, 0.3) is 5.69 Å². The lowest BCUT2D eigenvalue weighted by Crippen LogP contribution is -2.19. The number of nitrogens with zero attached hydrogens (tertiary/aromatic N) is 3. The first-order valence-electron chi connectivity index (χ1n) is 7.71. The lowest BCUT2D eigenvalue weighted by atomic mass is 10.2. The van der Waals surface area contributed by atoms with Gasteiger partial charge in [0.2, 0.25) is 0 Å². The molecule has 3 aromatic rings. The molecule has 0 atom stereocenters. The molecule has 27 heavy (non-hydrogen) atoms. The van der Waals surface area contributed by atoms with Crippen LogP contribution in [0.4, 0.5) is 21.6 Å². The highest BCUT2D eigenvalue weighted by Crippen LogP contribution is 2.21. The Bertz CT molecular complexity index is 993. The second kappa shape index (κ2) is 8.11. The number of aromatic nitrogens is 2. The van der Waals surface area contributed by atoms with Gasteiger partial charge in [-0.15, -0.1) is 0 Å². The van der Waals surface area contributed by atoms with Crippen molar-refractivity contribution < 1.29 is 9.31 Å². The highest BCUT2D eigenvalue weighted by molar-refractivity contribution is 7.80. The summed E-state index contributed by atoms with van der Waals surface area (Å²) in [6.45, 7) is 0.219. The molecule has 2 aromatic carbocycles. The number of hydrogen-bond acceptors (Lipinski definition) is 4. The van der Waals surface area contributed by atoms with E-state index < -0.39 is 4.92 Å². The number of nitro groups is 1. The average Bonchev–Trinajstić information content (AvgIpc) is 2.96. The van der Waals surface area contributed by atoms with Gasteiger partial charge in [-0.3, -0.25) is 14.8 Å². The van der Waals surface area contributed by atoms with Crippen LogP contribution in [-0.4, -0.2) is 19.8 Å². The minimum atomic E-state index is -0.484. The van der Waals surface area contributed by atoms with Gasteiger partial charge in [-0.2, -0.15) is 5.10 Å². The van der Waals surface area contributed by atoms with Gasteiger partial charge in [0.05, 0.1) is 11.5 Å². The molecule has 0 saturated heterocycles. The molecule has 1 heterocycles. The Hall–Kier alpha value is -3.04. The first-order chi connectivity index (χ1) is 12.9. The standard InChI is InChI=1S/C17H13ClFN5O2S/c18-14-10-23(9-11-3-1-2-4-15(11)19)22-16(14)21-17(27)20-12-5-7-13(8-6-12)24(25)26/h1-8,10H,9H2,(H2,20,21,22,27). The van der Waals surface area contributed by atoms with Crippen molar-refractivity contribution in [1.29, 1.82) is 0 Å². The third kappa shape index (κ3) is 4.78. The van der Waals surface area contributed by atoms with Crippen LogP contribution in [0.25, 0.3) is 0 Å². The van der Waals surface area contributed by atoms with E-state index in [9.17, 15) is 14.5 Å². The predicted molar refractivity (Wildman–Crippen MR) is 106 cm³/mol. The fourth-order valence-electron chi connectivity index (χ4n) is 2.30. The third-order valence-electron chi connectivity index (χ3n) is 3.58. The average molecular weight is 406 g/mol. The van der Waals surface area contributed by atoms with Crippen molar-refractivity contribution in [2.45, 2.75) is 6.54 Å². The molecule has 2 N–H and O–H groups in total. The van der Waals surface area contributed by atoms with Crippen LogP contribution < -0.4 is 10.6 Å². The number of thiocarbonyl (C=S) groups is 1. The topological polar surface area (TPSA) is 85.0 Å². The molecule has 7 nitrogen and oxygen atoms in total. The molecule has 0 aliphatic rings. The molecule has 0 aliphatic carbocycles. The van der Waals surface area contributed by atoms with Gasteiger partial charge in [-0.05, 0) is 30.4 Å². The quantitative estimate of drug-likeness (QED) is 0.371. The Morgan fingerprint density at radius 2 is 1.93 bits per heavy atom. The first kappa shape index (κ1) is 18.7. The number of rotatable bonds is 5. The number of non-ortho nitro benzene ring substituents is 1. The molecule has 0 amide bonds. The normalized spacial score (nSPS) is 10.4. The van der Waals surface area contributed by atoms with E-state index in [1.807, 2.05) is 0 Å². The van der Waals surface area contributed by atoms with E-state index in [4.69, 9.17) is 23.8 Å². The second-order valence-electron chi connectivity index (χ2n) is 5.50. The van der Waals surface area contributed by atoms with Crippen LogP contribution in [0, 0.1) is 15.9 Å². The summed E-state index contributed by atoms with van der Waals surface area (Å²) >= 11 is 11.3. The summed E-state index contributed by atoms with van der Waals surface area (Å²) in [7, 11) is 0. The SMILES string of the molecule is O=[N+]([O-])c1ccc(NC(=S)Nc2nn(Cc3ccccc3F)cc2Cl)cc1. The summed E-state index contributed by atoms with van der Waals surface area (Å²) in [6, 6.07) is 12.2. The fourth-order valence-corrected chi connectivity index (χ4v) is 2.71. The lowest BCUT2D eigenvalue weighted by molar-refractivity contribution is -0.384. The number of anilines is 2. The number of hydrogen-bond donors (Lipinski definition) is 2. The summed E-state index contributed by atoms with van der Waals surface area (Å²) in [5.41, 5.74) is 1.03. The molecule has 3 rings (SSSR count). The smallest absolute Gasteiger partial charge is 0.269 e. The summed E-state index contributed by atoms with van der Waals surface area (Å²) in [5, 5.41) is 21.2. The summed E-state index contributed by atoms with van der Waals surface area (Å²) < 4.78 is 15.2. The van der Waals surface area contributed by atoms with E-state index in [0.29, 0.717) is 22.1 Å². The summed E-state index contributed by atoms with van der Waals surface area (Å²) in [4.78, 5) is 10.2. The van der Waals surface area contributed by atoms with Gasteiger partial charge in [0.15, 0.2) is 10.9 Å². The Balaban J connectivity index is 1.65. The van der Waals surface area contributed by atoms with Crippen molar-refractivity contribution in [3.8, 4) is 0 Å². The fraction of sp³-hybridized carbons (Fsp3) is 0.0588. The van der Waals surface area contributed by atoms with E-state index >= 15 is 0 Å². The van der Waals surface area contributed by atoms with E-state index in [1.165, 1.54) is 35.0 Å². The Morgan fingerprint density at radius 3 is 2.59 bits per heavy atom. The van der Waals surface area contributed by atoms with Crippen LogP contribution in [0.1, 0.15) is 5.56 Å². The van der Waals surface area contributed by atoms with Gasteiger partial charge in [0.1, 0.15) is 10.8 Å². The monoisotopic (exact) mass is 405 g/mol. The number of benzene rings is 2. The van der Waals surface area contributed by atoms with Crippen LogP contribution in [0.5, 0.6) is 0 Å². The molecule has 0 fully saturated rings. The molecule has 1 aromatic heterocycles. The van der Waals surface area contributed by atoms with Crippen LogP contribution in [-0.2, 0) is 6.54 Å². The maximum Gasteiger partial charge on any atom is 0.269 e. The summed E-state index contributed by atoms with van der Waals surface area (Å²) in [5.74, 6) is -0.0126. The lowest BCUT2D eigenvalue weighted by Gasteiger charge is -2.08. The predicted octanol–water partition coefficient (Wildman–Crippen LogP) is 4.44. The van der Waals surface area contributed by atoms with E-state index in [1.54, 1.807) is 24.4 Å². The molecule has 0 aliphatic heterocycles. The number of nitro benzene ring substituents is 1. The zero-order chi connectivity index (χ0) is 19.4.